The summed E-state index contributed by atoms with van der Waals surface area (Å²) < 4.78 is 38.8. The second-order valence-electron chi connectivity index (χ2n) is 4.09. The predicted octanol–water partition coefficient (Wildman–Crippen LogP) is 1.31. The first-order valence-corrected chi connectivity index (χ1v) is 6.89. The lowest BCUT2D eigenvalue weighted by Crippen LogP contribution is -2.28. The highest BCUT2D eigenvalue weighted by Gasteiger charge is 2.28. The van der Waals surface area contributed by atoms with Gasteiger partial charge in [0, 0.05) is 13.1 Å². The fraction of sp³-hybridized carbons (Fsp3) is 0.364. The highest BCUT2D eigenvalue weighted by atomic mass is 32.2. The summed E-state index contributed by atoms with van der Waals surface area (Å²) in [6.07, 6.45) is 1.53. The van der Waals surface area contributed by atoms with E-state index in [9.17, 15) is 17.6 Å². The van der Waals surface area contributed by atoms with E-state index >= 15 is 0 Å². The molecule has 0 saturated carbocycles. The molecule has 1 aromatic rings. The van der Waals surface area contributed by atoms with Crippen LogP contribution in [0.15, 0.2) is 23.1 Å². The van der Waals surface area contributed by atoms with Crippen LogP contribution >= 0.6 is 0 Å². The Kier molecular flexibility index (Phi) is 3.36. The molecule has 0 unspecified atom stereocenters. The molecule has 98 valence electrons. The highest BCUT2D eigenvalue weighted by molar-refractivity contribution is 7.89. The van der Waals surface area contributed by atoms with Crippen LogP contribution in [0.2, 0.25) is 0 Å². The van der Waals surface area contributed by atoms with Gasteiger partial charge in [0.25, 0.3) is 0 Å². The van der Waals surface area contributed by atoms with Crippen molar-refractivity contribution in [2.75, 3.05) is 13.1 Å². The van der Waals surface area contributed by atoms with Crippen LogP contribution in [-0.4, -0.2) is 36.9 Å². The molecule has 1 heterocycles. The molecule has 0 bridgehead atoms. The van der Waals surface area contributed by atoms with Crippen LogP contribution in [-0.2, 0) is 10.0 Å². The third kappa shape index (κ3) is 2.37. The summed E-state index contributed by atoms with van der Waals surface area (Å²) in [6.45, 7) is 0.780. The number of halogens is 1. The average Bonchev–Trinajstić information content (AvgIpc) is 2.82. The number of carboxylic acid groups (broad SMARTS) is 1. The highest BCUT2D eigenvalue weighted by Crippen LogP contribution is 2.22. The van der Waals surface area contributed by atoms with Crippen LogP contribution < -0.4 is 0 Å². The number of aromatic carboxylic acids is 1. The maximum atomic E-state index is 13.3. The zero-order chi connectivity index (χ0) is 13.3. The van der Waals surface area contributed by atoms with Gasteiger partial charge in [0.2, 0.25) is 10.0 Å². The molecule has 0 aliphatic carbocycles. The Labute approximate surface area is 104 Å². The van der Waals surface area contributed by atoms with Gasteiger partial charge in [-0.15, -0.1) is 0 Å². The molecule has 0 aromatic heterocycles. The Bertz CT molecular complexity index is 579. The van der Waals surface area contributed by atoms with Gasteiger partial charge in [-0.05, 0) is 31.0 Å². The maximum Gasteiger partial charge on any atom is 0.335 e. The molecular weight excluding hydrogens is 261 g/mol. The predicted molar refractivity (Wildman–Crippen MR) is 61.4 cm³/mol. The van der Waals surface area contributed by atoms with Crippen molar-refractivity contribution < 1.29 is 22.7 Å². The van der Waals surface area contributed by atoms with Crippen LogP contribution in [0.25, 0.3) is 0 Å². The van der Waals surface area contributed by atoms with Gasteiger partial charge in [0.15, 0.2) is 0 Å². The van der Waals surface area contributed by atoms with Crippen LogP contribution in [0, 0.1) is 5.82 Å². The number of nitrogens with zero attached hydrogens (tertiary/aromatic N) is 1. The van der Waals surface area contributed by atoms with Gasteiger partial charge in [-0.25, -0.2) is 17.6 Å². The lowest BCUT2D eigenvalue weighted by atomic mass is 10.2. The molecule has 18 heavy (non-hydrogen) atoms. The molecule has 1 aromatic carbocycles. The van der Waals surface area contributed by atoms with E-state index in [1.165, 1.54) is 4.31 Å². The van der Waals surface area contributed by atoms with Crippen molar-refractivity contribution in [3.63, 3.8) is 0 Å². The fourth-order valence-electron chi connectivity index (χ4n) is 1.91. The number of sulfonamides is 1. The normalized spacial score (nSPS) is 16.9. The summed E-state index contributed by atoms with van der Waals surface area (Å²) in [7, 11) is -3.79. The summed E-state index contributed by atoms with van der Waals surface area (Å²) in [5, 5.41) is 8.79. The summed E-state index contributed by atoms with van der Waals surface area (Å²) in [6, 6.07) is 2.63. The van der Waals surface area contributed by atoms with E-state index in [1.807, 2.05) is 0 Å². The zero-order valence-corrected chi connectivity index (χ0v) is 10.3. The van der Waals surface area contributed by atoms with E-state index in [1.54, 1.807) is 0 Å². The number of rotatable bonds is 3. The number of benzene rings is 1. The molecule has 1 fully saturated rings. The van der Waals surface area contributed by atoms with Crippen LogP contribution in [0.5, 0.6) is 0 Å². The number of hydrogen-bond donors (Lipinski definition) is 1. The molecule has 1 aliphatic rings. The van der Waals surface area contributed by atoms with Gasteiger partial charge >= 0.3 is 5.97 Å². The van der Waals surface area contributed by atoms with Crippen molar-refractivity contribution in [3.05, 3.63) is 29.6 Å². The summed E-state index contributed by atoms with van der Waals surface area (Å²) in [4.78, 5) is 10.5. The minimum Gasteiger partial charge on any atom is -0.478 e. The van der Waals surface area contributed by atoms with Gasteiger partial charge in [-0.2, -0.15) is 4.31 Å². The van der Waals surface area contributed by atoms with Gasteiger partial charge in [-0.1, -0.05) is 0 Å². The molecule has 5 nitrogen and oxygen atoms in total. The fourth-order valence-corrected chi connectivity index (χ4v) is 3.49. The Morgan fingerprint density at radius 1 is 1.22 bits per heavy atom. The van der Waals surface area contributed by atoms with Gasteiger partial charge in [0.1, 0.15) is 5.82 Å². The maximum absolute atomic E-state index is 13.3. The first-order chi connectivity index (χ1) is 8.41. The van der Waals surface area contributed by atoms with Crippen molar-refractivity contribution in [1.82, 2.24) is 4.31 Å². The second kappa shape index (κ2) is 4.66. The second-order valence-corrected chi connectivity index (χ2v) is 6.03. The van der Waals surface area contributed by atoms with Crippen molar-refractivity contribution in [3.8, 4) is 0 Å². The minimum atomic E-state index is -3.79. The van der Waals surface area contributed by atoms with Gasteiger partial charge in [-0.3, -0.25) is 0 Å². The Hall–Kier alpha value is -1.47. The summed E-state index contributed by atoms with van der Waals surface area (Å²) in [5.41, 5.74) is -0.368. The molecule has 7 heteroatoms. The van der Waals surface area contributed by atoms with Gasteiger partial charge < -0.3 is 5.11 Å². The Balaban J connectivity index is 2.47. The Morgan fingerprint density at radius 3 is 2.39 bits per heavy atom. The van der Waals surface area contributed by atoms with Crippen molar-refractivity contribution in [1.29, 1.82) is 0 Å². The van der Waals surface area contributed by atoms with Crippen molar-refractivity contribution >= 4 is 16.0 Å². The molecule has 0 radical (unpaired) electrons. The summed E-state index contributed by atoms with van der Waals surface area (Å²) in [5.74, 6) is -2.22. The van der Waals surface area contributed by atoms with Gasteiger partial charge in [0.05, 0.1) is 10.5 Å². The molecule has 0 atom stereocenters. The molecule has 1 N–H and O–H groups in total. The topological polar surface area (TPSA) is 74.7 Å². The van der Waals surface area contributed by atoms with E-state index in [2.05, 4.69) is 0 Å². The molecular formula is C11H12FNO4S. The molecule has 0 spiro atoms. The van der Waals surface area contributed by atoms with E-state index in [-0.39, 0.29) is 10.5 Å². The van der Waals surface area contributed by atoms with E-state index < -0.39 is 21.8 Å². The zero-order valence-electron chi connectivity index (χ0n) is 9.47. The third-order valence-corrected chi connectivity index (χ3v) is 4.70. The third-order valence-electron chi connectivity index (χ3n) is 2.82. The lowest BCUT2D eigenvalue weighted by molar-refractivity contribution is 0.0696. The molecule has 2 rings (SSSR count). The van der Waals surface area contributed by atoms with Crippen LogP contribution in [0.4, 0.5) is 4.39 Å². The minimum absolute atomic E-state index is 0.304. The van der Waals surface area contributed by atoms with E-state index in [4.69, 9.17) is 5.11 Å². The van der Waals surface area contributed by atoms with Crippen LogP contribution in [0.3, 0.4) is 0 Å². The van der Waals surface area contributed by atoms with Crippen LogP contribution in [0.1, 0.15) is 23.2 Å². The standard InChI is InChI=1S/C11H12FNO4S/c12-9-5-8(11(14)15)6-10(7-9)18(16,17)13-3-1-2-4-13/h5-7H,1-4H2,(H,14,15). The van der Waals surface area contributed by atoms with Crippen molar-refractivity contribution in [2.45, 2.75) is 17.7 Å². The van der Waals surface area contributed by atoms with Crippen molar-refractivity contribution in [2.24, 2.45) is 0 Å². The first kappa shape index (κ1) is 13.0. The molecule has 0 amide bonds. The Morgan fingerprint density at radius 2 is 1.83 bits per heavy atom. The van der Waals surface area contributed by atoms with E-state index in [0.29, 0.717) is 13.1 Å². The smallest absolute Gasteiger partial charge is 0.335 e. The summed E-state index contributed by atoms with van der Waals surface area (Å²) >= 11 is 0. The molecule has 1 saturated heterocycles. The van der Waals surface area contributed by atoms with E-state index in [0.717, 1.165) is 31.0 Å². The molecule has 1 aliphatic heterocycles. The number of carbonyl (C=O) groups is 1. The number of carboxylic acids is 1. The lowest BCUT2D eigenvalue weighted by Gasteiger charge is -2.15. The SMILES string of the molecule is O=C(O)c1cc(F)cc(S(=O)(=O)N2CCCC2)c1. The quantitative estimate of drug-likeness (QED) is 0.901. The largest absolute Gasteiger partial charge is 0.478 e. The first-order valence-electron chi connectivity index (χ1n) is 5.45. The number of hydrogen-bond acceptors (Lipinski definition) is 3. The monoisotopic (exact) mass is 273 g/mol. The average molecular weight is 273 g/mol.